The van der Waals surface area contributed by atoms with Gasteiger partial charge in [-0.25, -0.2) is 0 Å². The Morgan fingerprint density at radius 2 is 1.78 bits per heavy atom. The molecule has 0 saturated heterocycles. The highest BCUT2D eigenvalue weighted by atomic mass is 16.5. The SMILES string of the molecule is COCCN1C(=O)c2oc3ccccc3c(=O)c2[C@@H]1c1ccc(OC)cc1. The first-order chi connectivity index (χ1) is 13.2. The van der Waals surface area contributed by atoms with E-state index in [2.05, 4.69) is 0 Å². The Bertz CT molecular complexity index is 1050. The lowest BCUT2D eigenvalue weighted by Crippen LogP contribution is -2.32. The summed E-state index contributed by atoms with van der Waals surface area (Å²) in [6.07, 6.45) is 0. The Labute approximate surface area is 155 Å². The minimum absolute atomic E-state index is 0.107. The lowest BCUT2D eigenvalue weighted by atomic mass is 9.98. The van der Waals surface area contributed by atoms with Gasteiger partial charge in [0, 0.05) is 13.7 Å². The second-order valence-corrected chi connectivity index (χ2v) is 6.34. The van der Waals surface area contributed by atoms with Crippen molar-refractivity contribution in [2.45, 2.75) is 6.04 Å². The third-order valence-corrected chi connectivity index (χ3v) is 4.84. The molecule has 1 aliphatic rings. The summed E-state index contributed by atoms with van der Waals surface area (Å²) in [6, 6.07) is 13.8. The third-order valence-electron chi connectivity index (χ3n) is 4.84. The molecule has 2 heterocycles. The molecule has 138 valence electrons. The van der Waals surface area contributed by atoms with E-state index in [0.29, 0.717) is 35.4 Å². The summed E-state index contributed by atoms with van der Waals surface area (Å²) < 4.78 is 16.2. The van der Waals surface area contributed by atoms with Crippen LogP contribution in [0.1, 0.15) is 27.7 Å². The van der Waals surface area contributed by atoms with E-state index in [0.717, 1.165) is 5.56 Å². The number of hydrogen-bond donors (Lipinski definition) is 0. The van der Waals surface area contributed by atoms with Crippen LogP contribution in [0.5, 0.6) is 5.75 Å². The standard InChI is InChI=1S/C21H19NO5/c1-25-12-11-22-18(13-7-9-14(26-2)10-8-13)17-19(23)15-5-3-4-6-16(15)27-20(17)21(22)24/h3-10,18H,11-12H2,1-2H3/t18-/m0/s1. The smallest absolute Gasteiger partial charge is 0.290 e. The largest absolute Gasteiger partial charge is 0.497 e. The molecule has 6 nitrogen and oxygen atoms in total. The lowest BCUT2D eigenvalue weighted by molar-refractivity contribution is 0.0663. The average molecular weight is 365 g/mol. The molecule has 1 aromatic heterocycles. The van der Waals surface area contributed by atoms with E-state index < -0.39 is 6.04 Å². The molecule has 3 aromatic rings. The Morgan fingerprint density at radius 3 is 2.48 bits per heavy atom. The fourth-order valence-electron chi connectivity index (χ4n) is 3.52. The number of methoxy groups -OCH3 is 2. The summed E-state index contributed by atoms with van der Waals surface area (Å²) in [6.45, 7) is 0.714. The van der Waals surface area contributed by atoms with Crippen molar-refractivity contribution in [2.24, 2.45) is 0 Å². The number of fused-ring (bicyclic) bond motifs is 2. The second-order valence-electron chi connectivity index (χ2n) is 6.34. The van der Waals surface area contributed by atoms with Crippen LogP contribution >= 0.6 is 0 Å². The first kappa shape index (κ1) is 17.3. The maximum atomic E-state index is 13.2. The molecule has 0 fully saturated rings. The van der Waals surface area contributed by atoms with Gasteiger partial charge in [-0.05, 0) is 29.8 Å². The monoisotopic (exact) mass is 365 g/mol. The van der Waals surface area contributed by atoms with Crippen molar-refractivity contribution in [1.82, 2.24) is 4.90 Å². The van der Waals surface area contributed by atoms with Crippen molar-refractivity contribution in [1.29, 1.82) is 0 Å². The zero-order chi connectivity index (χ0) is 19.0. The number of benzene rings is 2. The molecule has 6 heteroatoms. The first-order valence-electron chi connectivity index (χ1n) is 8.65. The van der Waals surface area contributed by atoms with E-state index >= 15 is 0 Å². The quantitative estimate of drug-likeness (QED) is 0.695. The average Bonchev–Trinajstić information content (AvgIpc) is 2.99. The predicted molar refractivity (Wildman–Crippen MR) is 100 cm³/mol. The topological polar surface area (TPSA) is 69.0 Å². The summed E-state index contributed by atoms with van der Waals surface area (Å²) in [5.41, 5.74) is 1.43. The van der Waals surface area contributed by atoms with E-state index in [1.165, 1.54) is 0 Å². The highest BCUT2D eigenvalue weighted by molar-refractivity contribution is 5.99. The predicted octanol–water partition coefficient (Wildman–Crippen LogP) is 2.99. The van der Waals surface area contributed by atoms with Crippen LogP contribution in [0.2, 0.25) is 0 Å². The molecule has 2 aromatic carbocycles. The molecular weight excluding hydrogens is 346 g/mol. The van der Waals surface area contributed by atoms with Crippen molar-refractivity contribution >= 4 is 16.9 Å². The first-order valence-corrected chi connectivity index (χ1v) is 8.65. The van der Waals surface area contributed by atoms with Gasteiger partial charge in [-0.15, -0.1) is 0 Å². The van der Waals surface area contributed by atoms with Gasteiger partial charge in [0.05, 0.1) is 30.7 Å². The Kier molecular flexibility index (Phi) is 4.41. The number of hydrogen-bond acceptors (Lipinski definition) is 5. The van der Waals surface area contributed by atoms with Gasteiger partial charge in [0.1, 0.15) is 11.3 Å². The van der Waals surface area contributed by atoms with Gasteiger partial charge in [0.2, 0.25) is 5.76 Å². The summed E-state index contributed by atoms with van der Waals surface area (Å²) >= 11 is 0. The molecule has 0 spiro atoms. The molecule has 0 bridgehead atoms. The highest BCUT2D eigenvalue weighted by Gasteiger charge is 2.42. The van der Waals surface area contributed by atoms with E-state index in [9.17, 15) is 9.59 Å². The third kappa shape index (κ3) is 2.78. The summed E-state index contributed by atoms with van der Waals surface area (Å²) in [4.78, 5) is 27.8. The number of para-hydroxylation sites is 1. The second kappa shape index (κ2) is 6.89. The molecule has 27 heavy (non-hydrogen) atoms. The molecule has 0 radical (unpaired) electrons. The Hall–Kier alpha value is -3.12. The maximum Gasteiger partial charge on any atom is 0.290 e. The lowest BCUT2D eigenvalue weighted by Gasteiger charge is -2.24. The van der Waals surface area contributed by atoms with Crippen molar-refractivity contribution in [3.05, 3.63) is 75.6 Å². The zero-order valence-corrected chi connectivity index (χ0v) is 15.1. The molecule has 1 aliphatic heterocycles. The number of ether oxygens (including phenoxy) is 2. The van der Waals surface area contributed by atoms with Gasteiger partial charge in [0.25, 0.3) is 5.91 Å². The van der Waals surface area contributed by atoms with Crippen LogP contribution in [0.3, 0.4) is 0 Å². The molecule has 1 atom stereocenters. The normalized spacial score (nSPS) is 16.0. The molecular formula is C21H19NO5. The van der Waals surface area contributed by atoms with Crippen molar-refractivity contribution in [2.75, 3.05) is 27.4 Å². The number of carbonyl (C=O) groups excluding carboxylic acids is 1. The van der Waals surface area contributed by atoms with Crippen LogP contribution in [-0.2, 0) is 4.74 Å². The number of carbonyl (C=O) groups is 1. The van der Waals surface area contributed by atoms with Gasteiger partial charge < -0.3 is 18.8 Å². The fraction of sp³-hybridized carbons (Fsp3) is 0.238. The molecule has 0 aliphatic carbocycles. The van der Waals surface area contributed by atoms with Crippen molar-refractivity contribution in [3.63, 3.8) is 0 Å². The maximum absolute atomic E-state index is 13.2. The molecule has 1 amide bonds. The van der Waals surface area contributed by atoms with Crippen molar-refractivity contribution < 1.29 is 18.7 Å². The Morgan fingerprint density at radius 1 is 1.04 bits per heavy atom. The molecule has 4 rings (SSSR count). The number of amides is 1. The summed E-state index contributed by atoms with van der Waals surface area (Å²) in [7, 11) is 3.17. The van der Waals surface area contributed by atoms with Crippen LogP contribution in [0.25, 0.3) is 11.0 Å². The minimum Gasteiger partial charge on any atom is -0.497 e. The van der Waals surface area contributed by atoms with Gasteiger partial charge in [-0.3, -0.25) is 9.59 Å². The van der Waals surface area contributed by atoms with Crippen LogP contribution in [0.4, 0.5) is 0 Å². The van der Waals surface area contributed by atoms with Gasteiger partial charge in [-0.2, -0.15) is 0 Å². The minimum atomic E-state index is -0.519. The van der Waals surface area contributed by atoms with Crippen LogP contribution < -0.4 is 10.2 Å². The van der Waals surface area contributed by atoms with Crippen molar-refractivity contribution in [3.8, 4) is 5.75 Å². The number of nitrogens with zero attached hydrogens (tertiary/aromatic N) is 1. The number of rotatable bonds is 5. The van der Waals surface area contributed by atoms with E-state index in [1.807, 2.05) is 24.3 Å². The van der Waals surface area contributed by atoms with E-state index in [4.69, 9.17) is 13.9 Å². The Balaban J connectivity index is 1.93. The van der Waals surface area contributed by atoms with Gasteiger partial charge >= 0.3 is 0 Å². The van der Waals surface area contributed by atoms with Crippen LogP contribution in [0.15, 0.2) is 57.7 Å². The molecule has 0 unspecified atom stereocenters. The van der Waals surface area contributed by atoms with Gasteiger partial charge in [0.15, 0.2) is 5.43 Å². The molecule has 0 saturated carbocycles. The summed E-state index contributed by atoms with van der Waals surface area (Å²) in [5, 5.41) is 0.469. The van der Waals surface area contributed by atoms with Gasteiger partial charge in [-0.1, -0.05) is 24.3 Å². The molecule has 0 N–H and O–H groups in total. The van der Waals surface area contributed by atoms with E-state index in [-0.39, 0.29) is 17.1 Å². The highest BCUT2D eigenvalue weighted by Crippen LogP contribution is 2.38. The van der Waals surface area contributed by atoms with E-state index in [1.54, 1.807) is 43.4 Å². The fourth-order valence-corrected chi connectivity index (χ4v) is 3.52. The zero-order valence-electron chi connectivity index (χ0n) is 15.1. The summed E-state index contributed by atoms with van der Waals surface area (Å²) in [5.74, 6) is 0.513. The van der Waals surface area contributed by atoms with Crippen LogP contribution in [0, 0.1) is 0 Å². The van der Waals surface area contributed by atoms with Crippen LogP contribution in [-0.4, -0.2) is 38.2 Å².